The Morgan fingerprint density at radius 3 is 2.25 bits per heavy atom. The monoisotopic (exact) mass is 328 g/mol. The highest BCUT2D eigenvalue weighted by Crippen LogP contribution is 2.19. The molecule has 0 bridgehead atoms. The Morgan fingerprint density at radius 2 is 1.54 bits per heavy atom. The lowest BCUT2D eigenvalue weighted by Gasteiger charge is -2.08. The zero-order valence-electron chi connectivity index (χ0n) is 14.1. The van der Waals surface area contributed by atoms with Crippen molar-refractivity contribution < 1.29 is 14.3 Å². The van der Waals surface area contributed by atoms with Crippen LogP contribution in [0.5, 0.6) is 11.5 Å². The molecule has 2 rings (SSSR count). The minimum Gasteiger partial charge on any atom is -0.494 e. The molecular weight excluding hydrogens is 304 g/mol. The summed E-state index contributed by atoms with van der Waals surface area (Å²) in [7, 11) is 0. The van der Waals surface area contributed by atoms with Crippen LogP contribution in [0.1, 0.15) is 55.8 Å². The van der Waals surface area contributed by atoms with E-state index >= 15 is 0 Å². The Bertz CT molecular complexity index is 600. The molecule has 0 amide bonds. The molecule has 0 N–H and O–H groups in total. The highest BCUT2D eigenvalue weighted by atomic mass is 16.5. The summed E-state index contributed by atoms with van der Waals surface area (Å²) < 4.78 is 11.0. The fourth-order valence-electron chi connectivity index (χ4n) is 2.25. The van der Waals surface area contributed by atoms with Crippen molar-refractivity contribution in [3.63, 3.8) is 0 Å². The van der Waals surface area contributed by atoms with Gasteiger partial charge in [0.1, 0.15) is 17.8 Å². The van der Waals surface area contributed by atoms with E-state index in [0.717, 1.165) is 12.2 Å². The zero-order chi connectivity index (χ0) is 17.0. The predicted molar refractivity (Wildman–Crippen MR) is 92.3 cm³/mol. The third kappa shape index (κ3) is 6.36. The molecule has 1 heterocycles. The van der Waals surface area contributed by atoms with E-state index in [0.29, 0.717) is 17.9 Å². The maximum atomic E-state index is 11.9. The number of carbonyl (C=O) groups excluding carboxylic acids is 1. The van der Waals surface area contributed by atoms with Gasteiger partial charge in [-0.15, -0.1) is 0 Å². The second-order valence-electron chi connectivity index (χ2n) is 5.60. The highest BCUT2D eigenvalue weighted by Gasteiger charge is 2.08. The van der Waals surface area contributed by atoms with Gasteiger partial charge in [0.15, 0.2) is 0 Å². The van der Waals surface area contributed by atoms with Crippen LogP contribution in [-0.2, 0) is 0 Å². The van der Waals surface area contributed by atoms with Crippen LogP contribution >= 0.6 is 0 Å². The van der Waals surface area contributed by atoms with Crippen molar-refractivity contribution in [3.05, 3.63) is 48.5 Å². The van der Waals surface area contributed by atoms with Gasteiger partial charge in [-0.05, 0) is 30.7 Å². The van der Waals surface area contributed by atoms with Crippen LogP contribution < -0.4 is 9.47 Å². The van der Waals surface area contributed by atoms with E-state index in [-0.39, 0.29) is 0 Å². The minimum absolute atomic E-state index is 0.320. The van der Waals surface area contributed by atoms with E-state index in [4.69, 9.17) is 9.47 Å². The van der Waals surface area contributed by atoms with Gasteiger partial charge in [-0.25, -0.2) is 14.8 Å². The predicted octanol–water partition coefficient (Wildman–Crippen LogP) is 4.44. The van der Waals surface area contributed by atoms with Crippen molar-refractivity contribution in [2.45, 2.75) is 45.4 Å². The largest absolute Gasteiger partial charge is 0.494 e. The van der Waals surface area contributed by atoms with Crippen LogP contribution in [0.2, 0.25) is 0 Å². The van der Waals surface area contributed by atoms with Crippen molar-refractivity contribution in [1.82, 2.24) is 9.97 Å². The Kier molecular flexibility index (Phi) is 7.74. The van der Waals surface area contributed by atoms with Gasteiger partial charge in [0.05, 0.1) is 12.2 Å². The quantitative estimate of drug-likeness (QED) is 0.367. The van der Waals surface area contributed by atoms with Gasteiger partial charge in [0.2, 0.25) is 0 Å². The second-order valence-corrected chi connectivity index (χ2v) is 5.60. The van der Waals surface area contributed by atoms with Crippen LogP contribution in [-0.4, -0.2) is 22.5 Å². The summed E-state index contributed by atoms with van der Waals surface area (Å²) in [6.45, 7) is 2.93. The number of benzene rings is 1. The summed E-state index contributed by atoms with van der Waals surface area (Å²) in [4.78, 5) is 19.5. The molecule has 1 aromatic carbocycles. The summed E-state index contributed by atoms with van der Waals surface area (Å²) in [6.07, 6.45) is 11.6. The van der Waals surface area contributed by atoms with E-state index in [1.54, 1.807) is 24.3 Å². The molecule has 0 atom stereocenters. The first-order chi connectivity index (χ1) is 11.8. The number of rotatable bonds is 10. The van der Waals surface area contributed by atoms with Crippen molar-refractivity contribution in [1.29, 1.82) is 0 Å². The fraction of sp³-hybridized carbons (Fsp3) is 0.421. The summed E-state index contributed by atoms with van der Waals surface area (Å²) in [5.74, 6) is 0.776. The normalized spacial score (nSPS) is 10.4. The standard InChI is InChI=1S/C19H24N2O3/c1-2-3-4-5-6-7-12-23-17-8-10-18(11-9-17)24-19(22)16-13-20-15-21-14-16/h8-11,13-15H,2-7,12H2,1H3. The summed E-state index contributed by atoms with van der Waals surface area (Å²) >= 11 is 0. The number of esters is 1. The number of hydrogen-bond acceptors (Lipinski definition) is 5. The molecule has 0 aliphatic carbocycles. The third-order valence-electron chi connectivity index (χ3n) is 3.60. The fourth-order valence-corrected chi connectivity index (χ4v) is 2.25. The number of nitrogens with zero attached hydrogens (tertiary/aromatic N) is 2. The lowest BCUT2D eigenvalue weighted by Crippen LogP contribution is -2.09. The van der Waals surface area contributed by atoms with Crippen molar-refractivity contribution in [2.75, 3.05) is 6.61 Å². The van der Waals surface area contributed by atoms with Crippen LogP contribution in [0.3, 0.4) is 0 Å². The summed E-state index contributed by atoms with van der Waals surface area (Å²) in [5, 5.41) is 0. The lowest BCUT2D eigenvalue weighted by molar-refractivity contribution is 0.0733. The molecule has 24 heavy (non-hydrogen) atoms. The molecule has 0 saturated carbocycles. The van der Waals surface area contributed by atoms with Gasteiger partial charge < -0.3 is 9.47 Å². The van der Waals surface area contributed by atoms with Gasteiger partial charge >= 0.3 is 5.97 Å². The first-order valence-electron chi connectivity index (χ1n) is 8.49. The topological polar surface area (TPSA) is 61.3 Å². The average molecular weight is 328 g/mol. The Balaban J connectivity index is 1.70. The van der Waals surface area contributed by atoms with Crippen molar-refractivity contribution in [2.24, 2.45) is 0 Å². The van der Waals surface area contributed by atoms with Crippen LogP contribution in [0.15, 0.2) is 43.0 Å². The van der Waals surface area contributed by atoms with Gasteiger partial charge in [-0.2, -0.15) is 0 Å². The first kappa shape index (κ1) is 17.9. The van der Waals surface area contributed by atoms with Crippen LogP contribution in [0, 0.1) is 0 Å². The zero-order valence-corrected chi connectivity index (χ0v) is 14.1. The molecule has 2 aromatic rings. The molecule has 0 spiro atoms. The van der Waals surface area contributed by atoms with E-state index in [1.807, 2.05) is 0 Å². The number of ether oxygens (including phenoxy) is 2. The van der Waals surface area contributed by atoms with Gasteiger partial charge in [0.25, 0.3) is 0 Å². The average Bonchev–Trinajstić information content (AvgIpc) is 2.63. The molecule has 0 saturated heterocycles. The first-order valence-corrected chi connectivity index (χ1v) is 8.49. The number of hydrogen-bond donors (Lipinski definition) is 0. The maximum Gasteiger partial charge on any atom is 0.346 e. The Labute approximate surface area is 143 Å². The third-order valence-corrected chi connectivity index (χ3v) is 3.60. The number of unbranched alkanes of at least 4 members (excludes halogenated alkanes) is 5. The van der Waals surface area contributed by atoms with Crippen molar-refractivity contribution >= 4 is 5.97 Å². The number of aromatic nitrogens is 2. The molecule has 1 aromatic heterocycles. The Hall–Kier alpha value is -2.43. The molecular formula is C19H24N2O3. The van der Waals surface area contributed by atoms with E-state index in [1.165, 1.54) is 50.8 Å². The minimum atomic E-state index is -0.476. The molecule has 0 fully saturated rings. The molecule has 5 heteroatoms. The van der Waals surface area contributed by atoms with Gasteiger partial charge in [0, 0.05) is 12.4 Å². The van der Waals surface area contributed by atoms with E-state index in [2.05, 4.69) is 16.9 Å². The smallest absolute Gasteiger partial charge is 0.346 e. The molecule has 0 aliphatic rings. The maximum absolute atomic E-state index is 11.9. The lowest BCUT2D eigenvalue weighted by atomic mass is 10.1. The van der Waals surface area contributed by atoms with Crippen LogP contribution in [0.25, 0.3) is 0 Å². The highest BCUT2D eigenvalue weighted by molar-refractivity contribution is 5.90. The van der Waals surface area contributed by atoms with E-state index < -0.39 is 5.97 Å². The summed E-state index contributed by atoms with van der Waals surface area (Å²) in [6, 6.07) is 7.05. The second kappa shape index (κ2) is 10.4. The summed E-state index contributed by atoms with van der Waals surface area (Å²) in [5.41, 5.74) is 0.320. The van der Waals surface area contributed by atoms with Crippen molar-refractivity contribution in [3.8, 4) is 11.5 Å². The Morgan fingerprint density at radius 1 is 0.917 bits per heavy atom. The molecule has 0 aliphatic heterocycles. The molecule has 0 radical (unpaired) electrons. The molecule has 5 nitrogen and oxygen atoms in total. The molecule has 128 valence electrons. The van der Waals surface area contributed by atoms with Gasteiger partial charge in [-0.1, -0.05) is 39.0 Å². The SMILES string of the molecule is CCCCCCCCOc1ccc(OC(=O)c2cncnc2)cc1. The van der Waals surface area contributed by atoms with E-state index in [9.17, 15) is 4.79 Å². The number of carbonyl (C=O) groups is 1. The van der Waals surface area contributed by atoms with Gasteiger partial charge in [-0.3, -0.25) is 0 Å². The van der Waals surface area contributed by atoms with Crippen LogP contribution in [0.4, 0.5) is 0 Å². The molecule has 0 unspecified atom stereocenters.